The number of likely N-dealkylation sites (tertiary alicyclic amines) is 1. The molecule has 0 unspecified atom stereocenters. The number of piperidine rings is 1. The van der Waals surface area contributed by atoms with E-state index in [1.165, 1.54) is 0 Å². The van der Waals surface area contributed by atoms with Crippen molar-refractivity contribution >= 4 is 22.5 Å². The Hall–Kier alpha value is -2.73. The van der Waals surface area contributed by atoms with Crippen molar-refractivity contribution < 1.29 is 4.79 Å². The first kappa shape index (κ1) is 21.5. The maximum Gasteiger partial charge on any atom is 0.231 e. The molecule has 0 aliphatic carbocycles. The molecule has 3 heterocycles. The van der Waals surface area contributed by atoms with Crippen molar-refractivity contribution in [3.05, 3.63) is 42.9 Å². The molecule has 0 spiro atoms. The highest BCUT2D eigenvalue weighted by Crippen LogP contribution is 2.36. The second-order valence-electron chi connectivity index (χ2n) is 9.32. The third-order valence-electron chi connectivity index (χ3n) is 6.60. The van der Waals surface area contributed by atoms with E-state index in [4.69, 9.17) is 0 Å². The number of nitrogens with one attached hydrogen (secondary N) is 1. The fourth-order valence-electron chi connectivity index (χ4n) is 4.63. The lowest BCUT2D eigenvalue weighted by atomic mass is 9.75. The van der Waals surface area contributed by atoms with Crippen molar-refractivity contribution in [3.8, 4) is 11.1 Å². The fraction of sp³-hybridized carbons (Fsp3) is 0.480. The molecule has 0 bridgehead atoms. The largest absolute Gasteiger partial charge is 0.310 e. The van der Waals surface area contributed by atoms with Crippen LogP contribution >= 0.6 is 0 Å². The Balaban J connectivity index is 1.51. The number of aryl methyl sites for hydroxylation is 1. The summed E-state index contributed by atoms with van der Waals surface area (Å²) in [5.41, 5.74) is 1.87. The Morgan fingerprint density at radius 1 is 1.13 bits per heavy atom. The molecule has 1 fully saturated rings. The highest BCUT2D eigenvalue weighted by Gasteiger charge is 2.39. The molecule has 1 aromatic carbocycles. The molecular formula is C25H33N5O. The zero-order valence-corrected chi connectivity index (χ0v) is 19.1. The number of hydrogen-bond donors (Lipinski definition) is 1. The number of rotatable bonds is 6. The lowest BCUT2D eigenvalue weighted by molar-refractivity contribution is -0.128. The Bertz CT molecular complexity index is 1060. The second-order valence-corrected chi connectivity index (χ2v) is 9.32. The number of fused-ring (bicyclic) bond motifs is 1. The molecule has 0 saturated carbocycles. The normalized spacial score (nSPS) is 16.7. The quantitative estimate of drug-likeness (QED) is 0.628. The van der Waals surface area contributed by atoms with Gasteiger partial charge in [0.05, 0.1) is 11.6 Å². The fourth-order valence-corrected chi connectivity index (χ4v) is 4.63. The van der Waals surface area contributed by atoms with E-state index in [1.807, 2.05) is 31.7 Å². The van der Waals surface area contributed by atoms with Gasteiger partial charge in [0.2, 0.25) is 5.91 Å². The zero-order valence-electron chi connectivity index (χ0n) is 19.1. The molecule has 2 aromatic heterocycles. The summed E-state index contributed by atoms with van der Waals surface area (Å²) in [6.45, 7) is 9.70. The molecule has 31 heavy (non-hydrogen) atoms. The molecule has 3 aromatic rings. The van der Waals surface area contributed by atoms with Gasteiger partial charge in [-0.2, -0.15) is 5.10 Å². The van der Waals surface area contributed by atoms with Crippen molar-refractivity contribution in [2.45, 2.75) is 40.0 Å². The lowest BCUT2D eigenvalue weighted by Crippen LogP contribution is -2.47. The van der Waals surface area contributed by atoms with Gasteiger partial charge in [-0.15, -0.1) is 0 Å². The summed E-state index contributed by atoms with van der Waals surface area (Å²) < 4.78 is 1.80. The van der Waals surface area contributed by atoms with Gasteiger partial charge in [0, 0.05) is 36.9 Å². The Kier molecular flexibility index (Phi) is 6.10. The summed E-state index contributed by atoms with van der Waals surface area (Å²) in [5.74, 6) is 1.38. The number of hydrogen-bond acceptors (Lipinski definition) is 4. The SMILES string of the molecule is CCC1(C(=O)Nc2cc3cc(-c4cnn(C)c4)ccc3cn2)CCN(CC(C)C)CC1. The number of nitrogens with zero attached hydrogens (tertiary/aromatic N) is 4. The molecule has 0 atom stereocenters. The topological polar surface area (TPSA) is 63.1 Å². The Labute approximate surface area is 184 Å². The molecular weight excluding hydrogens is 386 g/mol. The minimum atomic E-state index is -0.304. The number of carbonyl (C=O) groups excluding carboxylic acids is 1. The maximum absolute atomic E-state index is 13.3. The number of amides is 1. The molecule has 1 aliphatic rings. The summed E-state index contributed by atoms with van der Waals surface area (Å²) in [4.78, 5) is 20.3. The van der Waals surface area contributed by atoms with Crippen LogP contribution in [0.25, 0.3) is 21.9 Å². The smallest absolute Gasteiger partial charge is 0.231 e. The summed E-state index contributed by atoms with van der Waals surface area (Å²) >= 11 is 0. The van der Waals surface area contributed by atoms with Gasteiger partial charge in [-0.3, -0.25) is 9.48 Å². The van der Waals surface area contributed by atoms with Gasteiger partial charge >= 0.3 is 0 Å². The standard InChI is InChI=1S/C25H33N5O/c1-5-25(8-10-30(11-9-25)16-18(2)3)24(31)28-23-13-21-12-19(6-7-20(21)14-26-23)22-15-27-29(4)17-22/h6-7,12-15,17-18H,5,8-11,16H2,1-4H3,(H,26,28,31). The van der Waals surface area contributed by atoms with Crippen molar-refractivity contribution in [3.63, 3.8) is 0 Å². The minimum absolute atomic E-state index is 0.106. The van der Waals surface area contributed by atoms with E-state index in [-0.39, 0.29) is 11.3 Å². The minimum Gasteiger partial charge on any atom is -0.310 e. The summed E-state index contributed by atoms with van der Waals surface area (Å²) in [5, 5.41) is 9.51. The van der Waals surface area contributed by atoms with Gasteiger partial charge in [-0.1, -0.05) is 32.9 Å². The van der Waals surface area contributed by atoms with Gasteiger partial charge in [0.15, 0.2) is 0 Å². The van der Waals surface area contributed by atoms with E-state index in [9.17, 15) is 4.79 Å². The van der Waals surface area contributed by atoms with Crippen LogP contribution in [0.15, 0.2) is 42.9 Å². The first-order chi connectivity index (χ1) is 14.9. The van der Waals surface area contributed by atoms with Crippen LogP contribution in [-0.2, 0) is 11.8 Å². The van der Waals surface area contributed by atoms with Crippen molar-refractivity contribution in [2.24, 2.45) is 18.4 Å². The summed E-state index contributed by atoms with van der Waals surface area (Å²) in [7, 11) is 1.92. The van der Waals surface area contributed by atoms with Crippen LogP contribution in [0.2, 0.25) is 0 Å². The third-order valence-corrected chi connectivity index (χ3v) is 6.60. The Morgan fingerprint density at radius 2 is 1.90 bits per heavy atom. The average molecular weight is 420 g/mol. The number of pyridine rings is 1. The second kappa shape index (κ2) is 8.79. The molecule has 6 heteroatoms. The zero-order chi connectivity index (χ0) is 22.0. The molecule has 6 nitrogen and oxygen atoms in total. The van der Waals surface area contributed by atoms with Crippen LogP contribution in [0.1, 0.15) is 40.0 Å². The number of aromatic nitrogens is 3. The molecule has 1 N–H and O–H groups in total. The van der Waals surface area contributed by atoms with Crippen LogP contribution in [0.5, 0.6) is 0 Å². The van der Waals surface area contributed by atoms with E-state index in [2.05, 4.69) is 59.3 Å². The van der Waals surface area contributed by atoms with Crippen LogP contribution in [0.3, 0.4) is 0 Å². The van der Waals surface area contributed by atoms with Gasteiger partial charge in [-0.05, 0) is 61.4 Å². The molecule has 1 amide bonds. The van der Waals surface area contributed by atoms with E-state index >= 15 is 0 Å². The highest BCUT2D eigenvalue weighted by atomic mass is 16.2. The number of benzene rings is 1. The van der Waals surface area contributed by atoms with E-state index in [0.29, 0.717) is 11.7 Å². The summed E-state index contributed by atoms with van der Waals surface area (Å²) in [6, 6.07) is 8.25. The van der Waals surface area contributed by atoms with E-state index < -0.39 is 0 Å². The third kappa shape index (κ3) is 4.64. The van der Waals surface area contributed by atoms with Gasteiger partial charge in [0.1, 0.15) is 5.82 Å². The van der Waals surface area contributed by atoms with Crippen LogP contribution < -0.4 is 5.32 Å². The predicted octanol–water partition coefficient (Wildman–Crippen LogP) is 4.72. The predicted molar refractivity (Wildman–Crippen MR) is 126 cm³/mol. The molecule has 4 rings (SSSR count). The Morgan fingerprint density at radius 3 is 2.55 bits per heavy atom. The monoisotopic (exact) mass is 419 g/mol. The van der Waals surface area contributed by atoms with Crippen molar-refractivity contribution in [1.29, 1.82) is 0 Å². The molecule has 1 saturated heterocycles. The van der Waals surface area contributed by atoms with Crippen LogP contribution in [0.4, 0.5) is 5.82 Å². The molecule has 164 valence electrons. The van der Waals surface area contributed by atoms with Crippen molar-refractivity contribution in [2.75, 3.05) is 25.0 Å². The maximum atomic E-state index is 13.3. The van der Waals surface area contributed by atoms with Gasteiger partial charge in [0.25, 0.3) is 0 Å². The summed E-state index contributed by atoms with van der Waals surface area (Å²) in [6.07, 6.45) is 8.36. The molecule has 0 radical (unpaired) electrons. The van der Waals surface area contributed by atoms with Crippen molar-refractivity contribution in [1.82, 2.24) is 19.7 Å². The highest BCUT2D eigenvalue weighted by molar-refractivity contribution is 5.97. The van der Waals surface area contributed by atoms with Crippen LogP contribution in [0, 0.1) is 11.3 Å². The van der Waals surface area contributed by atoms with Crippen LogP contribution in [-0.4, -0.2) is 45.2 Å². The first-order valence-corrected chi connectivity index (χ1v) is 11.3. The van der Waals surface area contributed by atoms with Gasteiger partial charge < -0.3 is 10.2 Å². The van der Waals surface area contributed by atoms with E-state index in [0.717, 1.165) is 60.8 Å². The number of carbonyl (C=O) groups is 1. The lowest BCUT2D eigenvalue weighted by Gasteiger charge is -2.40. The first-order valence-electron chi connectivity index (χ1n) is 11.3. The van der Waals surface area contributed by atoms with Gasteiger partial charge in [-0.25, -0.2) is 4.98 Å². The number of anilines is 1. The molecule has 1 aliphatic heterocycles. The average Bonchev–Trinajstić information content (AvgIpc) is 3.20. The van der Waals surface area contributed by atoms with E-state index in [1.54, 1.807) is 4.68 Å².